The maximum atomic E-state index is 5.70. The number of allylic oxidation sites excluding steroid dienone is 1. The van der Waals surface area contributed by atoms with E-state index in [0.717, 1.165) is 38.2 Å². The molecule has 0 bridgehead atoms. The quantitative estimate of drug-likeness (QED) is 0.460. The molecule has 0 aliphatic heterocycles. The lowest BCUT2D eigenvalue weighted by atomic mass is 10.1. The van der Waals surface area contributed by atoms with Gasteiger partial charge in [0.05, 0.1) is 0 Å². The number of unbranched alkanes of at least 4 members (excludes halogenated alkanes) is 2. The van der Waals surface area contributed by atoms with E-state index in [-0.39, 0.29) is 6.04 Å². The molecule has 0 aliphatic carbocycles. The highest BCUT2D eigenvalue weighted by atomic mass is 14.9. The number of rotatable bonds is 12. The third kappa shape index (κ3) is 13.4. The molecule has 1 atom stereocenters. The molecule has 0 aromatic rings. The highest BCUT2D eigenvalue weighted by Gasteiger charge is 1.97. The van der Waals surface area contributed by atoms with Crippen LogP contribution < -0.4 is 16.4 Å². The Labute approximate surface area is 107 Å². The Morgan fingerprint density at radius 1 is 1.18 bits per heavy atom. The van der Waals surface area contributed by atoms with Crippen molar-refractivity contribution in [3.05, 3.63) is 12.3 Å². The second-order valence-electron chi connectivity index (χ2n) is 4.86. The van der Waals surface area contributed by atoms with E-state index in [0.29, 0.717) is 0 Å². The van der Waals surface area contributed by atoms with Gasteiger partial charge in [-0.15, -0.1) is 0 Å². The maximum Gasteiger partial charge on any atom is 0.0143 e. The molecule has 3 nitrogen and oxygen atoms in total. The fraction of sp³-hybridized carbons (Fsp3) is 0.857. The first-order valence-corrected chi connectivity index (χ1v) is 7.04. The molecule has 1 unspecified atom stereocenters. The van der Waals surface area contributed by atoms with Gasteiger partial charge in [0.1, 0.15) is 0 Å². The van der Waals surface area contributed by atoms with Crippen molar-refractivity contribution < 1.29 is 0 Å². The van der Waals surface area contributed by atoms with Crippen LogP contribution in [0, 0.1) is 0 Å². The Morgan fingerprint density at radius 3 is 2.53 bits per heavy atom. The monoisotopic (exact) mass is 241 g/mol. The summed E-state index contributed by atoms with van der Waals surface area (Å²) in [4.78, 5) is 0. The van der Waals surface area contributed by atoms with Gasteiger partial charge in [0.25, 0.3) is 0 Å². The molecule has 0 aliphatic rings. The molecule has 0 heterocycles. The van der Waals surface area contributed by atoms with Gasteiger partial charge in [-0.2, -0.15) is 0 Å². The van der Waals surface area contributed by atoms with Crippen molar-refractivity contribution in [1.82, 2.24) is 10.6 Å². The molecule has 0 saturated carbocycles. The van der Waals surface area contributed by atoms with E-state index in [4.69, 9.17) is 5.73 Å². The summed E-state index contributed by atoms with van der Waals surface area (Å²) in [6.45, 7) is 11.6. The molecule has 0 aromatic carbocycles. The molecule has 17 heavy (non-hydrogen) atoms. The topological polar surface area (TPSA) is 50.1 Å². The van der Waals surface area contributed by atoms with E-state index in [2.05, 4.69) is 24.1 Å². The highest BCUT2D eigenvalue weighted by Crippen LogP contribution is 2.01. The third-order valence-electron chi connectivity index (χ3n) is 2.73. The van der Waals surface area contributed by atoms with Crippen molar-refractivity contribution in [2.24, 2.45) is 5.73 Å². The van der Waals surface area contributed by atoms with Gasteiger partial charge in [-0.1, -0.05) is 19.9 Å². The van der Waals surface area contributed by atoms with Crippen LogP contribution in [0.25, 0.3) is 0 Å². The molecule has 4 N–H and O–H groups in total. The van der Waals surface area contributed by atoms with Crippen LogP contribution in [-0.2, 0) is 0 Å². The molecule has 102 valence electrons. The minimum atomic E-state index is 0.276. The molecule has 0 saturated heterocycles. The minimum absolute atomic E-state index is 0.276. The van der Waals surface area contributed by atoms with Crippen molar-refractivity contribution in [2.75, 3.05) is 19.6 Å². The lowest BCUT2D eigenvalue weighted by molar-refractivity contribution is 0.577. The maximum absolute atomic E-state index is 5.70. The molecular formula is C14H31N3. The van der Waals surface area contributed by atoms with Gasteiger partial charge in [0.2, 0.25) is 0 Å². The van der Waals surface area contributed by atoms with Gasteiger partial charge >= 0.3 is 0 Å². The van der Waals surface area contributed by atoms with Crippen LogP contribution in [0.1, 0.15) is 52.4 Å². The summed E-state index contributed by atoms with van der Waals surface area (Å²) in [6, 6.07) is 0.276. The summed E-state index contributed by atoms with van der Waals surface area (Å²) in [5, 5.41) is 6.79. The van der Waals surface area contributed by atoms with Gasteiger partial charge in [-0.3, -0.25) is 0 Å². The number of nitrogens with two attached hydrogens (primary N) is 1. The fourth-order valence-corrected chi connectivity index (χ4v) is 1.61. The van der Waals surface area contributed by atoms with E-state index < -0.39 is 0 Å². The Hall–Kier alpha value is -0.540. The molecule has 0 fully saturated rings. The van der Waals surface area contributed by atoms with E-state index in [9.17, 15) is 0 Å². The molecule has 0 aromatic heterocycles. The van der Waals surface area contributed by atoms with Gasteiger partial charge in [0, 0.05) is 18.3 Å². The Morgan fingerprint density at radius 2 is 1.88 bits per heavy atom. The van der Waals surface area contributed by atoms with E-state index >= 15 is 0 Å². The van der Waals surface area contributed by atoms with Crippen molar-refractivity contribution in [3.8, 4) is 0 Å². The SMILES string of the molecule is C=C(CCC(C)N)NCCCCCNCCC. The summed E-state index contributed by atoms with van der Waals surface area (Å²) < 4.78 is 0. The molecule has 0 rings (SSSR count). The van der Waals surface area contributed by atoms with Crippen LogP contribution in [0.2, 0.25) is 0 Å². The third-order valence-corrected chi connectivity index (χ3v) is 2.73. The summed E-state index contributed by atoms with van der Waals surface area (Å²) in [5.74, 6) is 0. The average molecular weight is 241 g/mol. The molecule has 3 heteroatoms. The second kappa shape index (κ2) is 11.9. The van der Waals surface area contributed by atoms with Gasteiger partial charge in [0.15, 0.2) is 0 Å². The van der Waals surface area contributed by atoms with Gasteiger partial charge < -0.3 is 16.4 Å². The Kier molecular flexibility index (Phi) is 11.6. The fourth-order valence-electron chi connectivity index (χ4n) is 1.61. The van der Waals surface area contributed by atoms with Crippen molar-refractivity contribution in [2.45, 2.75) is 58.4 Å². The van der Waals surface area contributed by atoms with Gasteiger partial charge in [-0.05, 0) is 52.1 Å². The van der Waals surface area contributed by atoms with Crippen molar-refractivity contribution >= 4 is 0 Å². The molecule has 0 amide bonds. The van der Waals surface area contributed by atoms with Crippen molar-refractivity contribution in [1.29, 1.82) is 0 Å². The second-order valence-corrected chi connectivity index (χ2v) is 4.86. The smallest absolute Gasteiger partial charge is 0.0143 e. The van der Waals surface area contributed by atoms with Crippen LogP contribution >= 0.6 is 0 Å². The van der Waals surface area contributed by atoms with Crippen LogP contribution in [0.15, 0.2) is 12.3 Å². The predicted octanol–water partition coefficient (Wildman–Crippen LogP) is 2.39. The molecule has 0 radical (unpaired) electrons. The lowest BCUT2D eigenvalue weighted by Gasteiger charge is -2.11. The van der Waals surface area contributed by atoms with E-state index in [1.54, 1.807) is 0 Å². The Balaban J connectivity index is 3.14. The lowest BCUT2D eigenvalue weighted by Crippen LogP contribution is -2.19. The minimum Gasteiger partial charge on any atom is -0.389 e. The zero-order valence-electron chi connectivity index (χ0n) is 11.7. The van der Waals surface area contributed by atoms with Crippen LogP contribution in [0.4, 0.5) is 0 Å². The molecule has 0 spiro atoms. The zero-order chi connectivity index (χ0) is 12.9. The first-order valence-electron chi connectivity index (χ1n) is 7.04. The summed E-state index contributed by atoms with van der Waals surface area (Å²) in [5.41, 5.74) is 6.83. The Bertz CT molecular complexity index is 178. The van der Waals surface area contributed by atoms with Crippen LogP contribution in [-0.4, -0.2) is 25.7 Å². The largest absolute Gasteiger partial charge is 0.389 e. The number of hydrogen-bond acceptors (Lipinski definition) is 3. The normalized spacial score (nSPS) is 12.4. The first-order chi connectivity index (χ1) is 8.16. The average Bonchev–Trinajstić information content (AvgIpc) is 2.30. The van der Waals surface area contributed by atoms with Crippen molar-refractivity contribution in [3.63, 3.8) is 0 Å². The summed E-state index contributed by atoms with van der Waals surface area (Å²) in [6.07, 6.45) is 7.02. The molecular weight excluding hydrogens is 210 g/mol. The summed E-state index contributed by atoms with van der Waals surface area (Å²) in [7, 11) is 0. The number of hydrogen-bond donors (Lipinski definition) is 3. The van der Waals surface area contributed by atoms with E-state index in [1.807, 2.05) is 6.92 Å². The number of nitrogens with one attached hydrogen (secondary N) is 2. The van der Waals surface area contributed by atoms with Gasteiger partial charge in [-0.25, -0.2) is 0 Å². The zero-order valence-corrected chi connectivity index (χ0v) is 11.7. The van der Waals surface area contributed by atoms with Crippen LogP contribution in [0.3, 0.4) is 0 Å². The first kappa shape index (κ1) is 16.5. The van der Waals surface area contributed by atoms with Crippen LogP contribution in [0.5, 0.6) is 0 Å². The predicted molar refractivity (Wildman–Crippen MR) is 77.0 cm³/mol. The standard InChI is InChI=1S/C14H31N3/c1-4-10-16-11-6-5-7-12-17-14(3)9-8-13(2)15/h13,16-17H,3-12,15H2,1-2H3. The highest BCUT2D eigenvalue weighted by molar-refractivity contribution is 4.91. The summed E-state index contributed by atoms with van der Waals surface area (Å²) >= 11 is 0. The van der Waals surface area contributed by atoms with E-state index in [1.165, 1.54) is 25.7 Å².